The number of hydrogen-bond donors (Lipinski definition) is 1. The second-order valence-electron chi connectivity index (χ2n) is 8.14. The molecule has 0 spiro atoms. The van der Waals surface area contributed by atoms with E-state index in [1.807, 2.05) is 62.2 Å². The number of hydrogen-bond acceptors (Lipinski definition) is 4. The van der Waals surface area contributed by atoms with Gasteiger partial charge in [-0.1, -0.05) is 18.2 Å². The molecule has 0 radical (unpaired) electrons. The molecule has 3 heterocycles. The van der Waals surface area contributed by atoms with Crippen molar-refractivity contribution in [1.82, 2.24) is 24.9 Å². The molecule has 0 atom stereocenters. The molecule has 1 aliphatic heterocycles. The van der Waals surface area contributed by atoms with Crippen LogP contribution in [0.2, 0.25) is 0 Å². The summed E-state index contributed by atoms with van der Waals surface area (Å²) in [6.45, 7) is 5.14. The molecule has 0 aliphatic carbocycles. The van der Waals surface area contributed by atoms with Crippen LogP contribution in [0, 0.1) is 13.8 Å². The molecule has 1 N–H and O–H groups in total. The van der Waals surface area contributed by atoms with E-state index in [2.05, 4.69) is 15.3 Å². The zero-order chi connectivity index (χ0) is 22.1. The van der Waals surface area contributed by atoms with Crippen LogP contribution in [0.3, 0.4) is 0 Å². The first-order valence-corrected chi connectivity index (χ1v) is 10.5. The van der Waals surface area contributed by atoms with Crippen LogP contribution >= 0.6 is 0 Å². The number of aromatic amines is 1. The predicted octanol–water partition coefficient (Wildman–Crippen LogP) is 3.06. The number of amides is 2. The Morgan fingerprint density at radius 1 is 1.13 bits per heavy atom. The summed E-state index contributed by atoms with van der Waals surface area (Å²) in [5.74, 6) is 0.145. The average Bonchev–Trinajstić information content (AvgIpc) is 3.38. The van der Waals surface area contributed by atoms with Crippen LogP contribution in [0.1, 0.15) is 56.7 Å². The molecule has 8 heteroatoms. The molecule has 31 heavy (non-hydrogen) atoms. The SMILES string of the molecule is Cc1nn(C)c(C)c1C(=O)N1CCC(c2cc(C(=O)N(C)c3ccccc3)n[nH]2)CC1. The highest BCUT2D eigenvalue weighted by Gasteiger charge is 2.29. The zero-order valence-corrected chi connectivity index (χ0v) is 18.4. The van der Waals surface area contributed by atoms with Crippen molar-refractivity contribution in [1.29, 1.82) is 0 Å². The molecular formula is C23H28N6O2. The van der Waals surface area contributed by atoms with Crippen molar-refractivity contribution in [3.8, 4) is 0 Å². The van der Waals surface area contributed by atoms with Gasteiger partial charge in [0, 0.05) is 50.2 Å². The van der Waals surface area contributed by atoms with Gasteiger partial charge in [0.25, 0.3) is 11.8 Å². The van der Waals surface area contributed by atoms with E-state index in [4.69, 9.17) is 0 Å². The number of aromatic nitrogens is 4. The van der Waals surface area contributed by atoms with Crippen molar-refractivity contribution in [2.45, 2.75) is 32.6 Å². The second-order valence-corrected chi connectivity index (χ2v) is 8.14. The number of nitrogens with zero attached hydrogens (tertiary/aromatic N) is 5. The summed E-state index contributed by atoms with van der Waals surface area (Å²) >= 11 is 0. The number of benzene rings is 1. The Labute approximate surface area is 181 Å². The zero-order valence-electron chi connectivity index (χ0n) is 18.4. The summed E-state index contributed by atoms with van der Waals surface area (Å²) in [5.41, 5.74) is 4.55. The maximum absolute atomic E-state index is 13.0. The molecule has 0 saturated carbocycles. The number of aryl methyl sites for hydroxylation is 2. The highest BCUT2D eigenvalue weighted by atomic mass is 16.2. The predicted molar refractivity (Wildman–Crippen MR) is 118 cm³/mol. The van der Waals surface area contributed by atoms with E-state index in [9.17, 15) is 9.59 Å². The van der Waals surface area contributed by atoms with Gasteiger partial charge in [0.05, 0.1) is 11.3 Å². The Morgan fingerprint density at radius 3 is 2.42 bits per heavy atom. The minimum atomic E-state index is -0.149. The van der Waals surface area contributed by atoms with Gasteiger partial charge in [0.15, 0.2) is 5.69 Å². The molecule has 1 aliphatic rings. The van der Waals surface area contributed by atoms with Gasteiger partial charge < -0.3 is 9.80 Å². The lowest BCUT2D eigenvalue weighted by Gasteiger charge is -2.31. The van der Waals surface area contributed by atoms with Crippen LogP contribution in [0.5, 0.6) is 0 Å². The number of likely N-dealkylation sites (tertiary alicyclic amines) is 1. The number of rotatable bonds is 4. The van der Waals surface area contributed by atoms with Crippen molar-refractivity contribution in [3.05, 3.63) is 64.7 Å². The summed E-state index contributed by atoms with van der Waals surface area (Å²) < 4.78 is 1.75. The van der Waals surface area contributed by atoms with Crippen LogP contribution < -0.4 is 4.90 Å². The summed E-state index contributed by atoms with van der Waals surface area (Å²) in [5, 5.41) is 11.7. The Hall–Kier alpha value is -3.42. The van der Waals surface area contributed by atoms with E-state index in [-0.39, 0.29) is 17.7 Å². The van der Waals surface area contributed by atoms with Crippen molar-refractivity contribution >= 4 is 17.5 Å². The Balaban J connectivity index is 1.40. The fourth-order valence-corrected chi connectivity index (χ4v) is 4.23. The number of carbonyl (C=O) groups is 2. The van der Waals surface area contributed by atoms with Gasteiger partial charge in [-0.05, 0) is 44.9 Å². The maximum atomic E-state index is 13.0. The summed E-state index contributed by atoms with van der Waals surface area (Å²) in [4.78, 5) is 29.3. The van der Waals surface area contributed by atoms with Crippen LogP contribution in [0.25, 0.3) is 0 Å². The van der Waals surface area contributed by atoms with Crippen LogP contribution in [-0.2, 0) is 7.05 Å². The minimum absolute atomic E-state index is 0.0477. The quantitative estimate of drug-likeness (QED) is 0.703. The smallest absolute Gasteiger partial charge is 0.278 e. The lowest BCUT2D eigenvalue weighted by Crippen LogP contribution is -2.38. The number of nitrogens with one attached hydrogen (secondary N) is 1. The van der Waals surface area contributed by atoms with Gasteiger partial charge in [0.2, 0.25) is 0 Å². The van der Waals surface area contributed by atoms with Gasteiger partial charge in [0.1, 0.15) is 0 Å². The van der Waals surface area contributed by atoms with Gasteiger partial charge in [-0.25, -0.2) is 0 Å². The fraction of sp³-hybridized carbons (Fsp3) is 0.391. The Kier molecular flexibility index (Phi) is 5.63. The van der Waals surface area contributed by atoms with Gasteiger partial charge >= 0.3 is 0 Å². The molecule has 2 amide bonds. The largest absolute Gasteiger partial charge is 0.338 e. The van der Waals surface area contributed by atoms with Crippen molar-refractivity contribution in [2.24, 2.45) is 7.05 Å². The average molecular weight is 421 g/mol. The number of para-hydroxylation sites is 1. The normalized spacial score (nSPS) is 14.6. The molecule has 4 rings (SSSR count). The number of anilines is 1. The third-order valence-electron chi connectivity index (χ3n) is 6.21. The number of H-pyrrole nitrogens is 1. The molecule has 0 unspecified atom stereocenters. The maximum Gasteiger partial charge on any atom is 0.278 e. The number of carbonyl (C=O) groups excluding carboxylic acids is 2. The van der Waals surface area contributed by atoms with E-state index in [1.54, 1.807) is 16.6 Å². The van der Waals surface area contributed by atoms with Gasteiger partial charge in [-0.15, -0.1) is 0 Å². The van der Waals surface area contributed by atoms with E-state index >= 15 is 0 Å². The van der Waals surface area contributed by atoms with Crippen LogP contribution in [0.4, 0.5) is 5.69 Å². The van der Waals surface area contributed by atoms with Crippen molar-refractivity contribution < 1.29 is 9.59 Å². The van der Waals surface area contributed by atoms with Crippen LogP contribution in [-0.4, -0.2) is 56.8 Å². The Bertz CT molecular complexity index is 1090. The standard InChI is InChI=1S/C23H28N6O2/c1-15-21(16(2)28(4)26-15)23(31)29-12-10-17(11-13-29)19-14-20(25-24-19)22(30)27(3)18-8-6-5-7-9-18/h5-9,14,17H,10-13H2,1-4H3,(H,24,25). The lowest BCUT2D eigenvalue weighted by atomic mass is 9.93. The molecule has 8 nitrogen and oxygen atoms in total. The lowest BCUT2D eigenvalue weighted by molar-refractivity contribution is 0.0710. The van der Waals surface area contributed by atoms with Gasteiger partial charge in [-0.2, -0.15) is 10.2 Å². The Morgan fingerprint density at radius 2 is 1.81 bits per heavy atom. The molecule has 162 valence electrons. The third-order valence-corrected chi connectivity index (χ3v) is 6.21. The second kappa shape index (κ2) is 8.37. The monoisotopic (exact) mass is 420 g/mol. The van der Waals surface area contributed by atoms with Gasteiger partial charge in [-0.3, -0.25) is 19.4 Å². The molecule has 1 saturated heterocycles. The molecule has 0 bridgehead atoms. The van der Waals surface area contributed by atoms with E-state index in [0.717, 1.165) is 35.6 Å². The van der Waals surface area contributed by atoms with Crippen molar-refractivity contribution in [3.63, 3.8) is 0 Å². The molecule has 1 fully saturated rings. The molecule has 2 aromatic heterocycles. The topological polar surface area (TPSA) is 87.1 Å². The van der Waals surface area contributed by atoms with E-state index < -0.39 is 0 Å². The number of piperidine rings is 1. The molecule has 1 aromatic carbocycles. The van der Waals surface area contributed by atoms with E-state index in [0.29, 0.717) is 24.3 Å². The first kappa shape index (κ1) is 20.8. The fourth-order valence-electron chi connectivity index (χ4n) is 4.23. The molecular weight excluding hydrogens is 392 g/mol. The molecule has 3 aromatic rings. The first-order valence-electron chi connectivity index (χ1n) is 10.5. The summed E-state index contributed by atoms with van der Waals surface area (Å²) in [7, 11) is 3.61. The van der Waals surface area contributed by atoms with Crippen molar-refractivity contribution in [2.75, 3.05) is 25.0 Å². The first-order chi connectivity index (χ1) is 14.9. The van der Waals surface area contributed by atoms with Crippen LogP contribution in [0.15, 0.2) is 36.4 Å². The highest BCUT2D eigenvalue weighted by Crippen LogP contribution is 2.29. The van der Waals surface area contributed by atoms with E-state index in [1.165, 1.54) is 0 Å². The minimum Gasteiger partial charge on any atom is -0.338 e. The highest BCUT2D eigenvalue weighted by molar-refractivity contribution is 6.04. The third kappa shape index (κ3) is 3.97. The summed E-state index contributed by atoms with van der Waals surface area (Å²) in [6, 6.07) is 11.4. The summed E-state index contributed by atoms with van der Waals surface area (Å²) in [6.07, 6.45) is 1.66.